The van der Waals surface area contributed by atoms with Crippen molar-refractivity contribution in [3.05, 3.63) is 60.4 Å². The van der Waals surface area contributed by atoms with E-state index in [0.29, 0.717) is 5.76 Å². The summed E-state index contributed by atoms with van der Waals surface area (Å²) in [4.78, 5) is 12.0. The van der Waals surface area contributed by atoms with Crippen LogP contribution in [0, 0.1) is 5.92 Å². The Labute approximate surface area is 122 Å². The van der Waals surface area contributed by atoms with Gasteiger partial charge in [-0.3, -0.25) is 4.79 Å². The lowest BCUT2D eigenvalue weighted by molar-refractivity contribution is 0.0942. The van der Waals surface area contributed by atoms with Crippen molar-refractivity contribution in [1.29, 1.82) is 0 Å². The van der Waals surface area contributed by atoms with Crippen LogP contribution in [0.15, 0.2) is 59.0 Å². The maximum absolute atomic E-state index is 12.0. The van der Waals surface area contributed by atoms with E-state index >= 15 is 0 Å². The zero-order valence-corrected chi connectivity index (χ0v) is 11.4. The predicted octanol–water partition coefficient (Wildman–Crippen LogP) is 4.82. The molecule has 21 heavy (non-hydrogen) atoms. The molecule has 1 aliphatic carbocycles. The molecule has 1 aliphatic rings. The van der Waals surface area contributed by atoms with Crippen LogP contribution in [0.1, 0.15) is 23.4 Å². The molecule has 0 radical (unpaired) electrons. The van der Waals surface area contributed by atoms with Crippen LogP contribution in [0.2, 0.25) is 0 Å². The van der Waals surface area contributed by atoms with Crippen LogP contribution in [-0.4, -0.2) is 5.78 Å². The van der Waals surface area contributed by atoms with Gasteiger partial charge in [0.2, 0.25) is 5.78 Å². The molecule has 0 N–H and O–H groups in total. The number of hydrogen-bond acceptors (Lipinski definition) is 3. The molecule has 0 unspecified atom stereocenters. The summed E-state index contributed by atoms with van der Waals surface area (Å²) in [6, 6.07) is 17.0. The van der Waals surface area contributed by atoms with E-state index < -0.39 is 0 Å². The third kappa shape index (κ3) is 2.42. The highest BCUT2D eigenvalue weighted by Gasteiger charge is 2.32. The Balaban J connectivity index is 1.64. The maximum Gasteiger partial charge on any atom is 0.201 e. The van der Waals surface area contributed by atoms with Gasteiger partial charge in [-0.1, -0.05) is 18.2 Å². The summed E-state index contributed by atoms with van der Waals surface area (Å²) in [5.74, 6) is 2.28. The molecule has 0 spiro atoms. The number of fused-ring (bicyclic) bond motifs is 1. The van der Waals surface area contributed by atoms with Gasteiger partial charge in [-0.15, -0.1) is 0 Å². The summed E-state index contributed by atoms with van der Waals surface area (Å²) < 4.78 is 11.4. The van der Waals surface area contributed by atoms with E-state index in [1.165, 1.54) is 0 Å². The number of ketones is 1. The highest BCUT2D eigenvalue weighted by molar-refractivity contribution is 6.00. The number of carbonyl (C=O) groups excluding carboxylic acids is 1. The number of rotatable bonds is 4. The van der Waals surface area contributed by atoms with E-state index in [1.54, 1.807) is 0 Å². The van der Waals surface area contributed by atoms with Crippen molar-refractivity contribution < 1.29 is 13.9 Å². The summed E-state index contributed by atoms with van der Waals surface area (Å²) in [6.07, 6.45) is 1.97. The number of para-hydroxylation sites is 1. The first-order valence-corrected chi connectivity index (χ1v) is 7.10. The molecular formula is C18H14O3. The molecule has 4 rings (SSSR count). The second-order valence-corrected chi connectivity index (χ2v) is 5.36. The van der Waals surface area contributed by atoms with Crippen LogP contribution < -0.4 is 4.74 Å². The van der Waals surface area contributed by atoms with Crippen molar-refractivity contribution in [2.45, 2.75) is 12.8 Å². The summed E-state index contributed by atoms with van der Waals surface area (Å²) in [5.41, 5.74) is 0.722. The Morgan fingerprint density at radius 2 is 1.81 bits per heavy atom. The predicted molar refractivity (Wildman–Crippen MR) is 79.8 cm³/mol. The van der Waals surface area contributed by atoms with E-state index in [0.717, 1.165) is 35.3 Å². The topological polar surface area (TPSA) is 39.4 Å². The molecular weight excluding hydrogens is 264 g/mol. The summed E-state index contributed by atoms with van der Waals surface area (Å²) >= 11 is 0. The number of furan rings is 1. The van der Waals surface area contributed by atoms with Crippen molar-refractivity contribution in [2.24, 2.45) is 5.92 Å². The van der Waals surface area contributed by atoms with Gasteiger partial charge >= 0.3 is 0 Å². The van der Waals surface area contributed by atoms with E-state index in [-0.39, 0.29) is 11.7 Å². The van der Waals surface area contributed by atoms with Gasteiger partial charge in [0.1, 0.15) is 17.1 Å². The molecule has 1 saturated carbocycles. The van der Waals surface area contributed by atoms with Gasteiger partial charge in [-0.05, 0) is 49.2 Å². The molecule has 1 aromatic heterocycles. The molecule has 2 aromatic carbocycles. The molecule has 1 fully saturated rings. The van der Waals surface area contributed by atoms with Gasteiger partial charge in [0.05, 0.1) is 0 Å². The molecule has 1 heterocycles. The zero-order chi connectivity index (χ0) is 14.2. The minimum atomic E-state index is 0.122. The molecule has 3 aromatic rings. The van der Waals surface area contributed by atoms with Gasteiger partial charge in [0, 0.05) is 11.3 Å². The Kier molecular flexibility index (Phi) is 2.78. The van der Waals surface area contributed by atoms with Gasteiger partial charge < -0.3 is 9.15 Å². The van der Waals surface area contributed by atoms with Crippen LogP contribution >= 0.6 is 0 Å². The van der Waals surface area contributed by atoms with Crippen LogP contribution in [-0.2, 0) is 0 Å². The minimum absolute atomic E-state index is 0.122. The van der Waals surface area contributed by atoms with Crippen LogP contribution in [0.3, 0.4) is 0 Å². The highest BCUT2D eigenvalue weighted by Crippen LogP contribution is 2.35. The van der Waals surface area contributed by atoms with Gasteiger partial charge in [-0.25, -0.2) is 0 Å². The third-order valence-corrected chi connectivity index (χ3v) is 3.66. The Morgan fingerprint density at radius 1 is 1.00 bits per heavy atom. The molecule has 3 nitrogen and oxygen atoms in total. The van der Waals surface area contributed by atoms with Crippen LogP contribution in [0.4, 0.5) is 0 Å². The fourth-order valence-corrected chi connectivity index (χ4v) is 2.38. The number of hydrogen-bond donors (Lipinski definition) is 0. The van der Waals surface area contributed by atoms with Crippen molar-refractivity contribution >= 4 is 16.8 Å². The molecule has 0 amide bonds. The average Bonchev–Trinajstić information content (AvgIpc) is 3.27. The van der Waals surface area contributed by atoms with E-state index in [2.05, 4.69) is 0 Å². The van der Waals surface area contributed by atoms with Crippen molar-refractivity contribution in [3.63, 3.8) is 0 Å². The smallest absolute Gasteiger partial charge is 0.201 e. The molecule has 0 aliphatic heterocycles. The lowest BCUT2D eigenvalue weighted by Crippen LogP contribution is -1.98. The lowest BCUT2D eigenvalue weighted by Gasteiger charge is -2.04. The molecule has 0 bridgehead atoms. The second kappa shape index (κ2) is 4.77. The number of carbonyl (C=O) groups is 1. The van der Waals surface area contributed by atoms with Gasteiger partial charge in [0.15, 0.2) is 5.76 Å². The first-order chi connectivity index (χ1) is 10.3. The summed E-state index contributed by atoms with van der Waals surface area (Å²) in [6.45, 7) is 0. The molecule has 0 atom stereocenters. The SMILES string of the molecule is O=C(c1cc2cc(Oc3ccccc3)ccc2o1)C1CC1. The quantitative estimate of drug-likeness (QED) is 0.642. The summed E-state index contributed by atoms with van der Waals surface area (Å²) in [7, 11) is 0. The first-order valence-electron chi connectivity index (χ1n) is 7.10. The number of ether oxygens (including phenoxy) is 1. The van der Waals surface area contributed by atoms with Crippen molar-refractivity contribution in [3.8, 4) is 11.5 Å². The molecule has 3 heteroatoms. The number of benzene rings is 2. The van der Waals surface area contributed by atoms with E-state index in [4.69, 9.17) is 9.15 Å². The lowest BCUT2D eigenvalue weighted by atomic mass is 10.2. The Morgan fingerprint density at radius 3 is 2.57 bits per heavy atom. The van der Waals surface area contributed by atoms with Gasteiger partial charge in [0.25, 0.3) is 0 Å². The van der Waals surface area contributed by atoms with Gasteiger partial charge in [-0.2, -0.15) is 0 Å². The first kappa shape index (κ1) is 12.2. The second-order valence-electron chi connectivity index (χ2n) is 5.36. The zero-order valence-electron chi connectivity index (χ0n) is 11.4. The number of Topliss-reactive ketones (excluding diaryl/α,β-unsaturated/α-hetero) is 1. The summed E-state index contributed by atoms with van der Waals surface area (Å²) in [5, 5.41) is 0.896. The average molecular weight is 278 g/mol. The van der Waals surface area contributed by atoms with E-state index in [1.807, 2.05) is 54.6 Å². The van der Waals surface area contributed by atoms with Crippen LogP contribution in [0.25, 0.3) is 11.0 Å². The van der Waals surface area contributed by atoms with Crippen molar-refractivity contribution in [2.75, 3.05) is 0 Å². The van der Waals surface area contributed by atoms with Crippen LogP contribution in [0.5, 0.6) is 11.5 Å². The third-order valence-electron chi connectivity index (χ3n) is 3.66. The maximum atomic E-state index is 12.0. The van der Waals surface area contributed by atoms with E-state index in [9.17, 15) is 4.79 Å². The Hall–Kier alpha value is -2.55. The monoisotopic (exact) mass is 278 g/mol. The molecule has 0 saturated heterocycles. The fraction of sp³-hybridized carbons (Fsp3) is 0.167. The normalized spacial score (nSPS) is 14.3. The highest BCUT2D eigenvalue weighted by atomic mass is 16.5. The largest absolute Gasteiger partial charge is 0.457 e. The standard InChI is InChI=1S/C18H14O3/c19-18(12-6-7-12)17-11-13-10-15(8-9-16(13)21-17)20-14-4-2-1-3-5-14/h1-5,8-12H,6-7H2. The minimum Gasteiger partial charge on any atom is -0.457 e. The Bertz CT molecular complexity index is 798. The molecule has 104 valence electrons. The van der Waals surface area contributed by atoms with Crippen molar-refractivity contribution in [1.82, 2.24) is 0 Å². The fourth-order valence-electron chi connectivity index (χ4n) is 2.38.